The average Bonchev–Trinajstić information content (AvgIpc) is 2.98. The van der Waals surface area contributed by atoms with Gasteiger partial charge in [0, 0.05) is 10.6 Å². The highest BCUT2D eigenvalue weighted by molar-refractivity contribution is 7.16. The first-order chi connectivity index (χ1) is 14.1. The molecule has 1 heterocycles. The number of hydrogen-bond donors (Lipinski definition) is 0. The van der Waals surface area contributed by atoms with Crippen LogP contribution < -0.4 is 4.80 Å². The van der Waals surface area contributed by atoms with Gasteiger partial charge in [0.05, 0.1) is 21.8 Å². The van der Waals surface area contributed by atoms with Crippen LogP contribution in [0.25, 0.3) is 10.2 Å². The van der Waals surface area contributed by atoms with Gasteiger partial charge >= 0.3 is 5.97 Å². The van der Waals surface area contributed by atoms with Gasteiger partial charge in [-0.3, -0.25) is 9.59 Å². The van der Waals surface area contributed by atoms with E-state index in [4.69, 9.17) is 27.9 Å². The molecule has 30 heavy (non-hydrogen) atoms. The number of nitrogens with zero attached hydrogens (tertiary/aromatic N) is 2. The summed E-state index contributed by atoms with van der Waals surface area (Å²) < 4.78 is 7.39. The molecule has 1 aromatic heterocycles. The molecule has 0 saturated heterocycles. The van der Waals surface area contributed by atoms with Crippen LogP contribution in [0.5, 0.6) is 0 Å². The Bertz CT molecular complexity index is 1170. The van der Waals surface area contributed by atoms with Gasteiger partial charge in [-0.2, -0.15) is 4.99 Å². The van der Waals surface area contributed by atoms with E-state index in [-0.39, 0.29) is 18.6 Å². The van der Waals surface area contributed by atoms with Gasteiger partial charge in [0.2, 0.25) is 0 Å². The van der Waals surface area contributed by atoms with E-state index >= 15 is 0 Å². The van der Waals surface area contributed by atoms with Crippen molar-refractivity contribution in [3.63, 3.8) is 0 Å². The lowest BCUT2D eigenvalue weighted by molar-refractivity contribution is -0.143. The van der Waals surface area contributed by atoms with Crippen molar-refractivity contribution in [3.05, 3.63) is 62.4 Å². The van der Waals surface area contributed by atoms with Crippen molar-refractivity contribution in [1.29, 1.82) is 0 Å². The van der Waals surface area contributed by atoms with Gasteiger partial charge in [-0.25, -0.2) is 0 Å². The third kappa shape index (κ3) is 4.94. The van der Waals surface area contributed by atoms with Crippen LogP contribution in [0, 0.1) is 0 Å². The molecule has 0 spiro atoms. The maximum absolute atomic E-state index is 12.8. The first-order valence-electron chi connectivity index (χ1n) is 9.43. The fraction of sp³-hybridized carbons (Fsp3) is 0.318. The maximum Gasteiger partial charge on any atom is 0.326 e. The second-order valence-electron chi connectivity index (χ2n) is 7.75. The Hall–Kier alpha value is -2.15. The minimum absolute atomic E-state index is 0.0110. The summed E-state index contributed by atoms with van der Waals surface area (Å²) >= 11 is 13.7. The highest BCUT2D eigenvalue weighted by Crippen LogP contribution is 2.30. The fourth-order valence-electron chi connectivity index (χ4n) is 2.96. The Morgan fingerprint density at radius 1 is 1.13 bits per heavy atom. The molecule has 5 nitrogen and oxygen atoms in total. The summed E-state index contributed by atoms with van der Waals surface area (Å²) in [6, 6.07) is 10.7. The second kappa shape index (κ2) is 8.92. The molecule has 0 N–H and O–H groups in total. The van der Waals surface area contributed by atoms with E-state index in [0.29, 0.717) is 25.9 Å². The zero-order valence-electron chi connectivity index (χ0n) is 17.2. The standard InChI is InChI=1S/C22H22Cl2N2O3S/c1-5-29-18(27)12-26-19-16(24)10-15(23)11-17(19)30-21(26)25-20(28)13-6-8-14(9-7-13)22(2,3)4/h6-11H,5,12H2,1-4H3. The molecule has 0 bridgehead atoms. The summed E-state index contributed by atoms with van der Waals surface area (Å²) in [7, 11) is 0. The first-order valence-corrected chi connectivity index (χ1v) is 11.0. The van der Waals surface area contributed by atoms with Crippen LogP contribution in [-0.4, -0.2) is 23.1 Å². The van der Waals surface area contributed by atoms with E-state index in [1.165, 1.54) is 11.3 Å². The number of hydrogen-bond acceptors (Lipinski definition) is 4. The molecule has 0 aliphatic rings. The highest BCUT2D eigenvalue weighted by atomic mass is 35.5. The summed E-state index contributed by atoms with van der Waals surface area (Å²) in [5.41, 5.74) is 2.17. The van der Waals surface area contributed by atoms with E-state index in [1.54, 1.807) is 35.8 Å². The van der Waals surface area contributed by atoms with Gasteiger partial charge in [0.1, 0.15) is 6.54 Å². The van der Waals surface area contributed by atoms with E-state index in [0.717, 1.165) is 10.3 Å². The highest BCUT2D eigenvalue weighted by Gasteiger charge is 2.17. The number of aromatic nitrogens is 1. The lowest BCUT2D eigenvalue weighted by Crippen LogP contribution is -2.23. The lowest BCUT2D eigenvalue weighted by Gasteiger charge is -2.18. The van der Waals surface area contributed by atoms with Crippen LogP contribution in [0.15, 0.2) is 41.4 Å². The summed E-state index contributed by atoms with van der Waals surface area (Å²) in [5, 5.41) is 0.842. The summed E-state index contributed by atoms with van der Waals surface area (Å²) in [6.07, 6.45) is 0. The molecular weight excluding hydrogens is 443 g/mol. The van der Waals surface area contributed by atoms with Crippen molar-refractivity contribution in [2.45, 2.75) is 39.7 Å². The molecule has 2 aromatic carbocycles. The third-order valence-electron chi connectivity index (χ3n) is 4.48. The number of esters is 1. The molecule has 0 saturated carbocycles. The number of benzene rings is 2. The topological polar surface area (TPSA) is 60.7 Å². The van der Waals surface area contributed by atoms with E-state index in [2.05, 4.69) is 25.8 Å². The average molecular weight is 465 g/mol. The van der Waals surface area contributed by atoms with Gasteiger partial charge in [0.25, 0.3) is 5.91 Å². The Labute approximate surface area is 188 Å². The first kappa shape index (κ1) is 22.5. The number of thiazole rings is 1. The molecule has 158 valence electrons. The minimum atomic E-state index is -0.438. The Balaban J connectivity index is 2.09. The lowest BCUT2D eigenvalue weighted by atomic mass is 9.87. The predicted octanol–water partition coefficient (Wildman–Crippen LogP) is 5.61. The maximum atomic E-state index is 12.8. The number of fused-ring (bicyclic) bond motifs is 1. The van der Waals surface area contributed by atoms with Crippen LogP contribution in [0.4, 0.5) is 0 Å². The normalized spacial score (nSPS) is 12.4. The van der Waals surface area contributed by atoms with Gasteiger partial charge in [-0.05, 0) is 42.2 Å². The fourth-order valence-corrected chi connectivity index (χ4v) is 4.77. The molecule has 0 aliphatic carbocycles. The van der Waals surface area contributed by atoms with Crippen molar-refractivity contribution in [2.24, 2.45) is 4.99 Å². The molecule has 0 aliphatic heterocycles. The van der Waals surface area contributed by atoms with E-state index in [1.807, 2.05) is 12.1 Å². The van der Waals surface area contributed by atoms with E-state index < -0.39 is 11.9 Å². The Morgan fingerprint density at radius 3 is 2.40 bits per heavy atom. The predicted molar refractivity (Wildman–Crippen MR) is 122 cm³/mol. The molecular formula is C22H22Cl2N2O3S. The Morgan fingerprint density at radius 2 is 1.80 bits per heavy atom. The molecule has 0 unspecified atom stereocenters. The van der Waals surface area contributed by atoms with Crippen LogP contribution in [0.1, 0.15) is 43.6 Å². The van der Waals surface area contributed by atoms with Crippen molar-refractivity contribution >= 4 is 56.6 Å². The van der Waals surface area contributed by atoms with Gasteiger partial charge in [-0.15, -0.1) is 0 Å². The Kier molecular flexibility index (Phi) is 6.70. The smallest absolute Gasteiger partial charge is 0.326 e. The monoisotopic (exact) mass is 464 g/mol. The summed E-state index contributed by atoms with van der Waals surface area (Å²) in [6.45, 7) is 8.21. The number of carbonyl (C=O) groups is 2. The van der Waals surface area contributed by atoms with Crippen LogP contribution in [-0.2, 0) is 21.5 Å². The van der Waals surface area contributed by atoms with Crippen molar-refractivity contribution in [3.8, 4) is 0 Å². The van der Waals surface area contributed by atoms with Crippen molar-refractivity contribution < 1.29 is 14.3 Å². The quantitative estimate of drug-likeness (QED) is 0.471. The molecule has 0 atom stereocenters. The molecule has 3 rings (SSSR count). The van der Waals surface area contributed by atoms with Crippen LogP contribution in [0.2, 0.25) is 10.0 Å². The number of ether oxygens (including phenoxy) is 1. The summed E-state index contributed by atoms with van der Waals surface area (Å²) in [5.74, 6) is -0.839. The van der Waals surface area contributed by atoms with Crippen molar-refractivity contribution in [1.82, 2.24) is 4.57 Å². The second-order valence-corrected chi connectivity index (χ2v) is 9.61. The van der Waals surface area contributed by atoms with Crippen molar-refractivity contribution in [2.75, 3.05) is 6.61 Å². The van der Waals surface area contributed by atoms with Crippen LogP contribution >= 0.6 is 34.5 Å². The van der Waals surface area contributed by atoms with Gasteiger partial charge < -0.3 is 9.30 Å². The number of amides is 1. The van der Waals surface area contributed by atoms with E-state index in [9.17, 15) is 9.59 Å². The minimum Gasteiger partial charge on any atom is -0.465 e. The molecule has 0 fully saturated rings. The largest absolute Gasteiger partial charge is 0.465 e. The zero-order chi connectivity index (χ0) is 22.1. The summed E-state index contributed by atoms with van der Waals surface area (Å²) in [4.78, 5) is 29.6. The molecule has 3 aromatic rings. The van der Waals surface area contributed by atoms with Crippen LogP contribution in [0.3, 0.4) is 0 Å². The molecule has 0 radical (unpaired) electrons. The zero-order valence-corrected chi connectivity index (χ0v) is 19.5. The molecule has 1 amide bonds. The third-order valence-corrected chi connectivity index (χ3v) is 6.01. The van der Waals surface area contributed by atoms with Gasteiger partial charge in [-0.1, -0.05) is 67.4 Å². The SMILES string of the molecule is CCOC(=O)Cn1c(=NC(=O)c2ccc(C(C)(C)C)cc2)sc2cc(Cl)cc(Cl)c21. The number of carbonyl (C=O) groups excluding carboxylic acids is 2. The molecule has 8 heteroatoms. The number of halogens is 2. The number of rotatable bonds is 4. The van der Waals surface area contributed by atoms with Gasteiger partial charge in [0.15, 0.2) is 4.80 Å².